The van der Waals surface area contributed by atoms with E-state index in [0.29, 0.717) is 34.9 Å². The van der Waals surface area contributed by atoms with Crippen LogP contribution in [0, 0.1) is 11.6 Å². The molecular weight excluding hydrogens is 420 g/mol. The van der Waals surface area contributed by atoms with Gasteiger partial charge in [-0.1, -0.05) is 0 Å². The molecule has 6 nitrogen and oxygen atoms in total. The number of Topliss-reactive ketones (excluding diaryl/α,β-unsaturated/α-hetero) is 1. The summed E-state index contributed by atoms with van der Waals surface area (Å²) in [6.07, 6.45) is 0.402. The second-order valence-corrected chi connectivity index (χ2v) is 7.85. The number of halogens is 2. The smallest absolute Gasteiger partial charge is 0.225 e. The SMILES string of the molecule is COc1cc([C@@H]2CC(=O)C3=C(C2)NC(=O)C[C@@H]3c2cc(F)ccc2F)cc(OC)c1OC. The van der Waals surface area contributed by atoms with Gasteiger partial charge in [0.2, 0.25) is 11.7 Å². The van der Waals surface area contributed by atoms with E-state index in [1.807, 2.05) is 0 Å². The van der Waals surface area contributed by atoms with E-state index < -0.39 is 17.6 Å². The Morgan fingerprint density at radius 3 is 2.22 bits per heavy atom. The summed E-state index contributed by atoms with van der Waals surface area (Å²) in [5, 5.41) is 2.78. The zero-order valence-electron chi connectivity index (χ0n) is 18.0. The van der Waals surface area contributed by atoms with Gasteiger partial charge in [-0.25, -0.2) is 8.78 Å². The summed E-state index contributed by atoms with van der Waals surface area (Å²) >= 11 is 0. The van der Waals surface area contributed by atoms with Crippen LogP contribution >= 0.6 is 0 Å². The van der Waals surface area contributed by atoms with Crippen LogP contribution in [-0.2, 0) is 9.59 Å². The average Bonchev–Trinajstić information content (AvgIpc) is 2.78. The molecule has 1 aliphatic heterocycles. The van der Waals surface area contributed by atoms with Crippen molar-refractivity contribution in [3.63, 3.8) is 0 Å². The summed E-state index contributed by atoms with van der Waals surface area (Å²) in [6, 6.07) is 6.64. The molecule has 2 aromatic carbocycles. The molecule has 0 radical (unpaired) electrons. The van der Waals surface area contributed by atoms with Crippen LogP contribution in [0.1, 0.15) is 42.2 Å². The van der Waals surface area contributed by atoms with Gasteiger partial charge in [-0.05, 0) is 53.8 Å². The summed E-state index contributed by atoms with van der Waals surface area (Å²) in [7, 11) is 4.52. The molecule has 1 amide bonds. The molecule has 4 rings (SSSR count). The number of carbonyl (C=O) groups is 2. The summed E-state index contributed by atoms with van der Waals surface area (Å²) in [6.45, 7) is 0. The summed E-state index contributed by atoms with van der Waals surface area (Å²) in [4.78, 5) is 25.6. The summed E-state index contributed by atoms with van der Waals surface area (Å²) in [5.74, 6) is -1.52. The molecule has 32 heavy (non-hydrogen) atoms. The molecule has 1 heterocycles. The minimum atomic E-state index is -0.817. The monoisotopic (exact) mass is 443 g/mol. The number of ether oxygens (including phenoxy) is 3. The van der Waals surface area contributed by atoms with E-state index in [1.165, 1.54) is 21.3 Å². The van der Waals surface area contributed by atoms with E-state index in [-0.39, 0.29) is 36.0 Å². The first-order valence-corrected chi connectivity index (χ1v) is 10.2. The van der Waals surface area contributed by atoms with Crippen LogP contribution in [0.15, 0.2) is 41.6 Å². The highest BCUT2D eigenvalue weighted by molar-refractivity contribution is 6.02. The number of amides is 1. The molecule has 0 spiro atoms. The predicted molar refractivity (Wildman–Crippen MR) is 112 cm³/mol. The Labute approximate surface area is 184 Å². The maximum Gasteiger partial charge on any atom is 0.225 e. The van der Waals surface area contributed by atoms with Gasteiger partial charge < -0.3 is 19.5 Å². The lowest BCUT2D eigenvalue weighted by molar-refractivity contribution is -0.122. The molecule has 0 aromatic heterocycles. The van der Waals surface area contributed by atoms with Crippen molar-refractivity contribution in [3.8, 4) is 17.2 Å². The standard InChI is InChI=1S/C24H23F2NO5/c1-30-20-8-13(9-21(31-2)24(20)32-3)12-6-18-23(19(28)7-12)16(11-22(29)27-18)15-10-14(25)4-5-17(15)26/h4-5,8-10,12,16H,6-7,11H2,1-3H3,(H,27,29)/t12-,16+/m0/s1. The molecule has 2 aliphatic rings. The van der Waals surface area contributed by atoms with E-state index in [1.54, 1.807) is 12.1 Å². The number of benzene rings is 2. The molecule has 0 unspecified atom stereocenters. The van der Waals surface area contributed by atoms with Crippen LogP contribution in [0.3, 0.4) is 0 Å². The fourth-order valence-electron chi connectivity index (χ4n) is 4.58. The zero-order chi connectivity index (χ0) is 23.0. The van der Waals surface area contributed by atoms with E-state index >= 15 is 0 Å². The Balaban J connectivity index is 1.75. The minimum absolute atomic E-state index is 0.0203. The molecule has 0 saturated carbocycles. The quantitative estimate of drug-likeness (QED) is 0.756. The topological polar surface area (TPSA) is 73.9 Å². The Kier molecular flexibility index (Phi) is 5.86. The Hall–Kier alpha value is -3.42. The maximum absolute atomic E-state index is 14.5. The largest absolute Gasteiger partial charge is 0.493 e. The van der Waals surface area contributed by atoms with Crippen molar-refractivity contribution in [1.82, 2.24) is 5.32 Å². The minimum Gasteiger partial charge on any atom is -0.493 e. The van der Waals surface area contributed by atoms with Gasteiger partial charge in [0.15, 0.2) is 17.3 Å². The molecule has 0 saturated heterocycles. The van der Waals surface area contributed by atoms with Gasteiger partial charge in [0.1, 0.15) is 11.6 Å². The van der Waals surface area contributed by atoms with Gasteiger partial charge in [-0.3, -0.25) is 9.59 Å². The number of methoxy groups -OCH3 is 3. The highest BCUT2D eigenvalue weighted by atomic mass is 19.1. The van der Waals surface area contributed by atoms with Crippen molar-refractivity contribution in [2.45, 2.75) is 31.1 Å². The Morgan fingerprint density at radius 2 is 1.59 bits per heavy atom. The van der Waals surface area contributed by atoms with Crippen molar-refractivity contribution in [2.75, 3.05) is 21.3 Å². The summed E-state index contributed by atoms with van der Waals surface area (Å²) in [5.41, 5.74) is 1.60. The molecule has 2 atom stereocenters. The van der Waals surface area contributed by atoms with Crippen molar-refractivity contribution >= 4 is 11.7 Å². The van der Waals surface area contributed by atoms with Gasteiger partial charge in [-0.15, -0.1) is 0 Å². The number of carbonyl (C=O) groups excluding carboxylic acids is 2. The third kappa shape index (κ3) is 3.81. The number of rotatable bonds is 5. The van der Waals surface area contributed by atoms with Crippen LogP contribution in [0.5, 0.6) is 17.2 Å². The second-order valence-electron chi connectivity index (χ2n) is 7.85. The lowest BCUT2D eigenvalue weighted by Gasteiger charge is -2.34. The molecule has 2 aromatic rings. The van der Waals surface area contributed by atoms with Crippen LogP contribution < -0.4 is 19.5 Å². The third-order valence-electron chi connectivity index (χ3n) is 6.03. The first kappa shape index (κ1) is 21.8. The van der Waals surface area contributed by atoms with Crippen LogP contribution in [-0.4, -0.2) is 33.0 Å². The van der Waals surface area contributed by atoms with Crippen LogP contribution in [0.25, 0.3) is 0 Å². The van der Waals surface area contributed by atoms with E-state index in [0.717, 1.165) is 23.8 Å². The average molecular weight is 443 g/mol. The normalized spacial score (nSPS) is 20.5. The Morgan fingerprint density at radius 1 is 0.906 bits per heavy atom. The van der Waals surface area contributed by atoms with Gasteiger partial charge in [-0.2, -0.15) is 0 Å². The first-order valence-electron chi connectivity index (χ1n) is 10.2. The zero-order valence-corrected chi connectivity index (χ0v) is 18.0. The molecule has 1 N–H and O–H groups in total. The van der Waals surface area contributed by atoms with E-state index in [4.69, 9.17) is 14.2 Å². The molecule has 168 valence electrons. The number of hydrogen-bond donors (Lipinski definition) is 1. The van der Waals surface area contributed by atoms with Crippen molar-refractivity contribution < 1.29 is 32.6 Å². The highest BCUT2D eigenvalue weighted by Gasteiger charge is 2.39. The molecular formula is C24H23F2NO5. The lowest BCUT2D eigenvalue weighted by Crippen LogP contribution is -2.38. The maximum atomic E-state index is 14.5. The molecule has 0 fully saturated rings. The van der Waals surface area contributed by atoms with Gasteiger partial charge in [0.05, 0.1) is 21.3 Å². The number of hydrogen-bond acceptors (Lipinski definition) is 5. The van der Waals surface area contributed by atoms with Gasteiger partial charge in [0.25, 0.3) is 0 Å². The van der Waals surface area contributed by atoms with Crippen LogP contribution in [0.4, 0.5) is 8.78 Å². The van der Waals surface area contributed by atoms with Crippen LogP contribution in [0.2, 0.25) is 0 Å². The number of ketones is 1. The second kappa shape index (κ2) is 8.61. The van der Waals surface area contributed by atoms with E-state index in [9.17, 15) is 18.4 Å². The predicted octanol–water partition coefficient (Wildman–Crippen LogP) is 3.99. The number of nitrogens with one attached hydrogen (secondary N) is 1. The first-order chi connectivity index (χ1) is 15.4. The third-order valence-corrected chi connectivity index (χ3v) is 6.03. The highest BCUT2D eigenvalue weighted by Crippen LogP contribution is 2.46. The molecule has 8 heteroatoms. The lowest BCUT2D eigenvalue weighted by atomic mass is 9.73. The summed E-state index contributed by atoms with van der Waals surface area (Å²) < 4.78 is 44.5. The number of allylic oxidation sites excluding steroid dienone is 2. The fraction of sp³-hybridized carbons (Fsp3) is 0.333. The van der Waals surface area contributed by atoms with E-state index in [2.05, 4.69) is 5.32 Å². The van der Waals surface area contributed by atoms with Gasteiger partial charge >= 0.3 is 0 Å². The van der Waals surface area contributed by atoms with Crippen molar-refractivity contribution in [2.24, 2.45) is 0 Å². The Bertz CT molecular complexity index is 1100. The van der Waals surface area contributed by atoms with Crippen molar-refractivity contribution in [1.29, 1.82) is 0 Å². The molecule has 0 bridgehead atoms. The van der Waals surface area contributed by atoms with Crippen molar-refractivity contribution in [3.05, 3.63) is 64.4 Å². The molecule has 1 aliphatic carbocycles. The fourth-order valence-corrected chi connectivity index (χ4v) is 4.58. The van der Waals surface area contributed by atoms with Gasteiger partial charge in [0, 0.05) is 30.0 Å².